The maximum Gasteiger partial charge on any atom is 0.0891 e. The van der Waals surface area contributed by atoms with E-state index in [4.69, 9.17) is 0 Å². The zero-order valence-electron chi connectivity index (χ0n) is 9.25. The average Bonchev–Trinajstić information content (AvgIpc) is 2.12. The maximum atomic E-state index is 10.1. The Hall–Kier alpha value is -0.400. The molecule has 0 aliphatic heterocycles. The molecule has 2 heteroatoms. The molecule has 0 bridgehead atoms. The molecule has 0 aliphatic rings. The van der Waals surface area contributed by atoms with Crippen LogP contribution in [0.2, 0.25) is 0 Å². The summed E-state index contributed by atoms with van der Waals surface area (Å²) in [7, 11) is 0. The van der Waals surface area contributed by atoms with Crippen molar-refractivity contribution in [2.45, 2.75) is 65.3 Å². The van der Waals surface area contributed by atoms with Gasteiger partial charge in [-0.3, -0.25) is 0 Å². The van der Waals surface area contributed by atoms with Crippen LogP contribution < -0.4 is 0 Å². The molecule has 0 heterocycles. The van der Waals surface area contributed by atoms with Crippen molar-refractivity contribution in [2.24, 2.45) is 11.1 Å². The van der Waals surface area contributed by atoms with Crippen LogP contribution in [0.3, 0.4) is 0 Å². The fourth-order valence-corrected chi connectivity index (χ4v) is 1.62. The first kappa shape index (κ1) is 12.6. The Kier molecular flexibility index (Phi) is 7.96. The van der Waals surface area contributed by atoms with Gasteiger partial charge >= 0.3 is 0 Å². The molecule has 2 atom stereocenters. The quantitative estimate of drug-likeness (QED) is 0.413. The molecule has 0 saturated carbocycles. The molecule has 0 radical (unpaired) electrons. The van der Waals surface area contributed by atoms with Gasteiger partial charge in [0, 0.05) is 0 Å². The van der Waals surface area contributed by atoms with Crippen molar-refractivity contribution in [1.82, 2.24) is 0 Å². The third-order valence-corrected chi connectivity index (χ3v) is 2.53. The summed E-state index contributed by atoms with van der Waals surface area (Å²) in [6.07, 6.45) is 7.29. The summed E-state index contributed by atoms with van der Waals surface area (Å²) in [6.45, 7) is 6.43. The molecule has 0 aliphatic carbocycles. The van der Waals surface area contributed by atoms with Crippen LogP contribution in [0.1, 0.15) is 59.3 Å². The van der Waals surface area contributed by atoms with Crippen LogP contribution in [-0.2, 0) is 0 Å². The second-order valence-electron chi connectivity index (χ2n) is 4.13. The summed E-state index contributed by atoms with van der Waals surface area (Å²) in [4.78, 5) is 10.1. The number of hydrogen-bond acceptors (Lipinski definition) is 2. The number of nitroso groups, excluding NO2 is 1. The lowest BCUT2D eigenvalue weighted by atomic mass is 9.98. The minimum absolute atomic E-state index is 0.0153. The summed E-state index contributed by atoms with van der Waals surface area (Å²) < 4.78 is 0. The molecule has 0 aromatic rings. The lowest BCUT2D eigenvalue weighted by Gasteiger charge is -2.09. The van der Waals surface area contributed by atoms with Gasteiger partial charge in [0.25, 0.3) is 0 Å². The van der Waals surface area contributed by atoms with Crippen LogP contribution in [0.25, 0.3) is 0 Å². The van der Waals surface area contributed by atoms with Crippen LogP contribution in [0.15, 0.2) is 5.18 Å². The second kappa shape index (κ2) is 8.21. The van der Waals surface area contributed by atoms with Gasteiger partial charge in [0.15, 0.2) is 0 Å². The first-order valence-corrected chi connectivity index (χ1v) is 5.53. The summed E-state index contributed by atoms with van der Waals surface area (Å²) in [5, 5.41) is 2.99. The van der Waals surface area contributed by atoms with Crippen molar-refractivity contribution in [3.63, 3.8) is 0 Å². The minimum atomic E-state index is 0.0153. The molecule has 0 aromatic heterocycles. The fraction of sp³-hybridized carbons (Fsp3) is 1.00. The topological polar surface area (TPSA) is 29.4 Å². The van der Waals surface area contributed by atoms with E-state index in [0.717, 1.165) is 18.8 Å². The molecule has 0 N–H and O–H groups in total. The fourth-order valence-electron chi connectivity index (χ4n) is 1.62. The molecule has 0 amide bonds. The highest BCUT2D eigenvalue weighted by atomic mass is 16.3. The van der Waals surface area contributed by atoms with Gasteiger partial charge in [-0.1, -0.05) is 51.1 Å². The second-order valence-corrected chi connectivity index (χ2v) is 4.13. The highest BCUT2D eigenvalue weighted by Crippen LogP contribution is 2.15. The molecule has 0 aromatic carbocycles. The first-order valence-electron chi connectivity index (χ1n) is 5.53. The predicted molar refractivity (Wildman–Crippen MR) is 57.8 cm³/mol. The van der Waals surface area contributed by atoms with E-state index < -0.39 is 0 Å². The van der Waals surface area contributed by atoms with Crippen molar-refractivity contribution in [3.8, 4) is 0 Å². The smallest absolute Gasteiger partial charge is 0.0891 e. The van der Waals surface area contributed by atoms with E-state index >= 15 is 0 Å². The van der Waals surface area contributed by atoms with Gasteiger partial charge in [0.05, 0.1) is 6.04 Å². The Bertz CT molecular complexity index is 125. The molecule has 0 spiro atoms. The molecule has 78 valence electrons. The van der Waals surface area contributed by atoms with Gasteiger partial charge in [0.2, 0.25) is 0 Å². The number of hydrogen-bond donors (Lipinski definition) is 0. The van der Waals surface area contributed by atoms with Gasteiger partial charge < -0.3 is 0 Å². The molecule has 13 heavy (non-hydrogen) atoms. The summed E-state index contributed by atoms with van der Waals surface area (Å²) in [6, 6.07) is 0.0153. The van der Waals surface area contributed by atoms with Gasteiger partial charge in [-0.2, -0.15) is 4.91 Å². The van der Waals surface area contributed by atoms with Crippen molar-refractivity contribution in [3.05, 3.63) is 4.91 Å². The molecule has 0 fully saturated rings. The molecular weight excluding hydrogens is 162 g/mol. The number of rotatable bonds is 8. The van der Waals surface area contributed by atoms with E-state index in [1.807, 2.05) is 6.92 Å². The largest absolute Gasteiger partial charge is 0.151 e. The SMILES string of the molecule is CCCC(C)CCCCC(C)N=O. The first-order chi connectivity index (χ1) is 6.20. The van der Waals surface area contributed by atoms with Crippen molar-refractivity contribution in [1.29, 1.82) is 0 Å². The maximum absolute atomic E-state index is 10.1. The minimum Gasteiger partial charge on any atom is -0.151 e. The Morgan fingerprint density at radius 3 is 2.23 bits per heavy atom. The average molecular weight is 185 g/mol. The van der Waals surface area contributed by atoms with Crippen LogP contribution in [0.5, 0.6) is 0 Å². The lowest BCUT2D eigenvalue weighted by Crippen LogP contribution is -1.98. The van der Waals surface area contributed by atoms with E-state index in [9.17, 15) is 4.91 Å². The standard InChI is InChI=1S/C11H23NO/c1-4-7-10(2)8-5-6-9-11(3)12-13/h10-11H,4-9H2,1-3H3. The Labute approximate surface area is 82.1 Å². The van der Waals surface area contributed by atoms with Gasteiger partial charge in [-0.25, -0.2) is 0 Å². The van der Waals surface area contributed by atoms with Gasteiger partial charge in [-0.05, 0) is 19.3 Å². The zero-order chi connectivity index (χ0) is 10.1. The third-order valence-electron chi connectivity index (χ3n) is 2.53. The Morgan fingerprint density at radius 2 is 1.69 bits per heavy atom. The number of nitrogens with zero attached hydrogens (tertiary/aromatic N) is 1. The molecule has 0 saturated heterocycles. The monoisotopic (exact) mass is 185 g/mol. The highest BCUT2D eigenvalue weighted by molar-refractivity contribution is 4.59. The van der Waals surface area contributed by atoms with Crippen molar-refractivity contribution >= 4 is 0 Å². The van der Waals surface area contributed by atoms with E-state index in [1.165, 1.54) is 25.7 Å². The third kappa shape index (κ3) is 7.94. The molecule has 0 rings (SSSR count). The molecular formula is C11H23NO. The van der Waals surface area contributed by atoms with Crippen LogP contribution in [0.4, 0.5) is 0 Å². The van der Waals surface area contributed by atoms with Gasteiger partial charge in [-0.15, -0.1) is 0 Å². The summed E-state index contributed by atoms with van der Waals surface area (Å²) >= 11 is 0. The van der Waals surface area contributed by atoms with Crippen LogP contribution in [-0.4, -0.2) is 6.04 Å². The van der Waals surface area contributed by atoms with E-state index in [-0.39, 0.29) is 6.04 Å². The Balaban J connectivity index is 3.19. The highest BCUT2D eigenvalue weighted by Gasteiger charge is 2.02. The normalized spacial score (nSPS) is 15.3. The summed E-state index contributed by atoms with van der Waals surface area (Å²) in [5.74, 6) is 0.851. The Morgan fingerprint density at radius 1 is 1.08 bits per heavy atom. The van der Waals surface area contributed by atoms with Crippen molar-refractivity contribution in [2.75, 3.05) is 0 Å². The van der Waals surface area contributed by atoms with E-state index in [1.54, 1.807) is 0 Å². The van der Waals surface area contributed by atoms with E-state index in [2.05, 4.69) is 19.0 Å². The number of unbranched alkanes of at least 4 members (excludes halogenated alkanes) is 1. The van der Waals surface area contributed by atoms with Crippen LogP contribution in [0, 0.1) is 10.8 Å². The lowest BCUT2D eigenvalue weighted by molar-refractivity contribution is 0.449. The molecule has 2 unspecified atom stereocenters. The molecule has 2 nitrogen and oxygen atoms in total. The van der Waals surface area contributed by atoms with Crippen LogP contribution >= 0.6 is 0 Å². The van der Waals surface area contributed by atoms with E-state index in [0.29, 0.717) is 0 Å². The predicted octanol–water partition coefficient (Wildman–Crippen LogP) is 4.14. The zero-order valence-corrected chi connectivity index (χ0v) is 9.25. The summed E-state index contributed by atoms with van der Waals surface area (Å²) in [5.41, 5.74) is 0. The van der Waals surface area contributed by atoms with Gasteiger partial charge in [0.1, 0.15) is 0 Å². The van der Waals surface area contributed by atoms with Crippen molar-refractivity contribution < 1.29 is 0 Å².